The minimum atomic E-state index is -0.0765. The molecular weight excluding hydrogens is 368 g/mol. The van der Waals surface area contributed by atoms with E-state index in [0.717, 1.165) is 27.7 Å². The SMILES string of the molecule is Cc1ccc(NC(=O)Cc2csc(COc3ccc(Cl)cc3)n2)c(C)c1. The predicted octanol–water partition coefficient (Wildman–Crippen LogP) is 5.17. The highest BCUT2D eigenvalue weighted by atomic mass is 35.5. The number of amides is 1. The van der Waals surface area contributed by atoms with Crippen LogP contribution in [0.5, 0.6) is 5.75 Å². The number of carbonyl (C=O) groups excluding carboxylic acids is 1. The first-order chi connectivity index (χ1) is 12.5. The van der Waals surface area contributed by atoms with Crippen molar-refractivity contribution in [3.63, 3.8) is 0 Å². The number of halogens is 1. The number of nitrogens with one attached hydrogen (secondary N) is 1. The monoisotopic (exact) mass is 386 g/mol. The third-order valence-corrected chi connectivity index (χ3v) is 4.90. The van der Waals surface area contributed by atoms with Crippen molar-refractivity contribution in [2.75, 3.05) is 5.32 Å². The van der Waals surface area contributed by atoms with Gasteiger partial charge in [0, 0.05) is 16.1 Å². The second-order valence-corrected chi connectivity index (χ2v) is 7.40. The zero-order valence-electron chi connectivity index (χ0n) is 14.6. The Balaban J connectivity index is 1.54. The van der Waals surface area contributed by atoms with Gasteiger partial charge in [0.25, 0.3) is 0 Å². The summed E-state index contributed by atoms with van der Waals surface area (Å²) < 4.78 is 5.68. The summed E-state index contributed by atoms with van der Waals surface area (Å²) in [5.74, 6) is 0.658. The highest BCUT2D eigenvalue weighted by molar-refractivity contribution is 7.09. The molecule has 0 aliphatic heterocycles. The van der Waals surface area contributed by atoms with Crippen LogP contribution < -0.4 is 10.1 Å². The molecule has 0 atom stereocenters. The molecule has 0 fully saturated rings. The number of hydrogen-bond donors (Lipinski definition) is 1. The Labute approximate surface area is 161 Å². The molecule has 134 valence electrons. The molecule has 0 bridgehead atoms. The van der Waals surface area contributed by atoms with Gasteiger partial charge in [-0.15, -0.1) is 11.3 Å². The maximum absolute atomic E-state index is 12.2. The van der Waals surface area contributed by atoms with Gasteiger partial charge in [0.1, 0.15) is 17.4 Å². The van der Waals surface area contributed by atoms with E-state index < -0.39 is 0 Å². The number of aryl methyl sites for hydroxylation is 2. The van der Waals surface area contributed by atoms with Gasteiger partial charge in [-0.25, -0.2) is 4.98 Å². The summed E-state index contributed by atoms with van der Waals surface area (Å²) in [6.45, 7) is 4.38. The van der Waals surface area contributed by atoms with Crippen molar-refractivity contribution < 1.29 is 9.53 Å². The van der Waals surface area contributed by atoms with Crippen LogP contribution in [0, 0.1) is 13.8 Å². The number of carbonyl (C=O) groups is 1. The van der Waals surface area contributed by atoms with Crippen molar-refractivity contribution in [3.05, 3.63) is 74.7 Å². The van der Waals surface area contributed by atoms with E-state index in [1.165, 1.54) is 16.9 Å². The van der Waals surface area contributed by atoms with E-state index in [-0.39, 0.29) is 12.3 Å². The molecule has 0 spiro atoms. The molecule has 3 rings (SSSR count). The van der Waals surface area contributed by atoms with Crippen LogP contribution in [0.4, 0.5) is 5.69 Å². The van der Waals surface area contributed by atoms with E-state index in [1.54, 1.807) is 12.1 Å². The molecule has 26 heavy (non-hydrogen) atoms. The average Bonchev–Trinajstić information content (AvgIpc) is 3.04. The van der Waals surface area contributed by atoms with Gasteiger partial charge in [-0.1, -0.05) is 29.3 Å². The molecule has 6 heteroatoms. The van der Waals surface area contributed by atoms with Crippen molar-refractivity contribution in [1.29, 1.82) is 0 Å². The summed E-state index contributed by atoms with van der Waals surface area (Å²) in [6, 6.07) is 13.1. The Morgan fingerprint density at radius 3 is 2.69 bits per heavy atom. The molecule has 0 saturated heterocycles. The quantitative estimate of drug-likeness (QED) is 0.635. The standard InChI is InChI=1S/C20H19ClN2O2S/c1-13-3-8-18(14(2)9-13)23-19(24)10-16-12-26-20(22-16)11-25-17-6-4-15(21)5-7-17/h3-9,12H,10-11H2,1-2H3,(H,23,24). The third kappa shape index (κ3) is 5.07. The zero-order valence-corrected chi connectivity index (χ0v) is 16.2. The number of nitrogens with zero attached hydrogens (tertiary/aromatic N) is 1. The highest BCUT2D eigenvalue weighted by Crippen LogP contribution is 2.19. The summed E-state index contributed by atoms with van der Waals surface area (Å²) in [4.78, 5) is 16.7. The van der Waals surface area contributed by atoms with E-state index in [9.17, 15) is 4.79 Å². The Hall–Kier alpha value is -2.37. The summed E-state index contributed by atoms with van der Waals surface area (Å²) in [5, 5.41) is 6.33. The molecule has 0 saturated carbocycles. The average molecular weight is 387 g/mol. The van der Waals surface area contributed by atoms with Crippen LogP contribution in [-0.2, 0) is 17.8 Å². The van der Waals surface area contributed by atoms with E-state index in [2.05, 4.69) is 10.3 Å². The summed E-state index contributed by atoms with van der Waals surface area (Å²) in [5.41, 5.74) is 3.80. The highest BCUT2D eigenvalue weighted by Gasteiger charge is 2.10. The first kappa shape index (κ1) is 18.4. The third-order valence-electron chi connectivity index (χ3n) is 3.77. The fraction of sp³-hybridized carbons (Fsp3) is 0.200. The molecular formula is C20H19ClN2O2S. The molecule has 0 aliphatic rings. The molecule has 0 radical (unpaired) electrons. The van der Waals surface area contributed by atoms with Gasteiger partial charge in [-0.2, -0.15) is 0 Å². The van der Waals surface area contributed by atoms with Crippen LogP contribution in [0.15, 0.2) is 47.8 Å². The zero-order chi connectivity index (χ0) is 18.5. The van der Waals surface area contributed by atoms with Crippen LogP contribution in [0.2, 0.25) is 5.02 Å². The lowest BCUT2D eigenvalue weighted by Crippen LogP contribution is -2.15. The maximum atomic E-state index is 12.2. The molecule has 2 aromatic carbocycles. The van der Waals surface area contributed by atoms with Crippen molar-refractivity contribution in [1.82, 2.24) is 4.98 Å². The Morgan fingerprint density at radius 1 is 1.19 bits per heavy atom. The number of thiazole rings is 1. The van der Waals surface area contributed by atoms with E-state index in [4.69, 9.17) is 16.3 Å². The number of rotatable bonds is 6. The second-order valence-electron chi connectivity index (χ2n) is 6.02. The second kappa shape index (κ2) is 8.34. The van der Waals surface area contributed by atoms with Crippen molar-refractivity contribution in [2.24, 2.45) is 0 Å². The number of benzene rings is 2. The van der Waals surface area contributed by atoms with Crippen LogP contribution in [0.3, 0.4) is 0 Å². The molecule has 1 heterocycles. The minimum absolute atomic E-state index is 0.0765. The van der Waals surface area contributed by atoms with Crippen molar-refractivity contribution in [3.8, 4) is 5.75 Å². The van der Waals surface area contributed by atoms with Gasteiger partial charge < -0.3 is 10.1 Å². The summed E-state index contributed by atoms with van der Waals surface area (Å²) in [7, 11) is 0. The Kier molecular flexibility index (Phi) is 5.91. The molecule has 1 amide bonds. The number of ether oxygens (including phenoxy) is 1. The molecule has 4 nitrogen and oxygen atoms in total. The fourth-order valence-corrected chi connectivity index (χ4v) is 3.32. The van der Waals surface area contributed by atoms with Gasteiger partial charge >= 0.3 is 0 Å². The summed E-state index contributed by atoms with van der Waals surface area (Å²) in [6.07, 6.45) is 0.241. The number of aromatic nitrogens is 1. The van der Waals surface area contributed by atoms with Crippen LogP contribution in [-0.4, -0.2) is 10.9 Å². The van der Waals surface area contributed by atoms with Crippen LogP contribution >= 0.6 is 22.9 Å². The van der Waals surface area contributed by atoms with Crippen LogP contribution in [0.25, 0.3) is 0 Å². The topological polar surface area (TPSA) is 51.2 Å². The molecule has 0 unspecified atom stereocenters. The summed E-state index contributed by atoms with van der Waals surface area (Å²) >= 11 is 7.34. The first-order valence-electron chi connectivity index (χ1n) is 8.18. The van der Waals surface area contributed by atoms with Gasteiger partial charge in [-0.05, 0) is 49.7 Å². The van der Waals surface area contributed by atoms with Crippen molar-refractivity contribution in [2.45, 2.75) is 26.9 Å². The minimum Gasteiger partial charge on any atom is -0.486 e. The Morgan fingerprint density at radius 2 is 1.96 bits per heavy atom. The predicted molar refractivity (Wildman–Crippen MR) is 106 cm³/mol. The lowest BCUT2D eigenvalue weighted by Gasteiger charge is -2.08. The Bertz CT molecular complexity index is 906. The molecule has 3 aromatic rings. The number of hydrogen-bond acceptors (Lipinski definition) is 4. The molecule has 1 aromatic heterocycles. The first-order valence-corrected chi connectivity index (χ1v) is 9.44. The van der Waals surface area contributed by atoms with Crippen molar-refractivity contribution >= 4 is 34.5 Å². The van der Waals surface area contributed by atoms with Gasteiger partial charge in [0.15, 0.2) is 0 Å². The molecule has 1 N–H and O–H groups in total. The maximum Gasteiger partial charge on any atom is 0.230 e. The lowest BCUT2D eigenvalue weighted by molar-refractivity contribution is -0.115. The fourth-order valence-electron chi connectivity index (χ4n) is 2.49. The number of anilines is 1. The largest absolute Gasteiger partial charge is 0.486 e. The van der Waals surface area contributed by atoms with E-state index in [1.807, 2.05) is 49.6 Å². The van der Waals surface area contributed by atoms with Gasteiger partial charge in [0.2, 0.25) is 5.91 Å². The molecule has 0 aliphatic carbocycles. The lowest BCUT2D eigenvalue weighted by atomic mass is 10.1. The smallest absolute Gasteiger partial charge is 0.230 e. The van der Waals surface area contributed by atoms with Gasteiger partial charge in [-0.3, -0.25) is 4.79 Å². The normalized spacial score (nSPS) is 10.6. The van der Waals surface area contributed by atoms with E-state index in [0.29, 0.717) is 11.6 Å². The van der Waals surface area contributed by atoms with E-state index >= 15 is 0 Å². The van der Waals surface area contributed by atoms with Gasteiger partial charge in [0.05, 0.1) is 12.1 Å². The van der Waals surface area contributed by atoms with Crippen LogP contribution in [0.1, 0.15) is 21.8 Å².